The third-order valence-corrected chi connectivity index (χ3v) is 5.74. The first-order valence-electron chi connectivity index (χ1n) is 8.53. The lowest BCUT2D eigenvalue weighted by atomic mass is 10.2. The van der Waals surface area contributed by atoms with E-state index in [2.05, 4.69) is 5.32 Å². The number of sulfonamides is 1. The average Bonchev–Trinajstić information content (AvgIpc) is 2.61. The topological polar surface area (TPSA) is 92.8 Å². The first-order chi connectivity index (χ1) is 13.5. The number of halogens is 2. The van der Waals surface area contributed by atoms with E-state index in [4.69, 9.17) is 27.9 Å². The molecule has 156 valence electrons. The minimum atomic E-state index is -3.74. The largest absolute Gasteiger partial charge is 0.462 e. The Morgan fingerprint density at radius 3 is 2.34 bits per heavy atom. The standard InChI is InChI=1S/C19H20Cl2N2O5S/c1-4-28-19(25)15-8-6-13(9-17(15)21)22-18(24)11-23(29(3,26)27)14-7-5-12(2)16(20)10-14/h5-10H,4,11H2,1-3H3,(H,22,24). The molecule has 7 nitrogen and oxygen atoms in total. The van der Waals surface area contributed by atoms with E-state index in [1.807, 2.05) is 0 Å². The van der Waals surface area contributed by atoms with Crippen LogP contribution in [0.25, 0.3) is 0 Å². The summed E-state index contributed by atoms with van der Waals surface area (Å²) in [6, 6.07) is 9.01. The van der Waals surface area contributed by atoms with Crippen LogP contribution in [-0.2, 0) is 19.6 Å². The number of ether oxygens (including phenoxy) is 1. The zero-order valence-electron chi connectivity index (χ0n) is 16.0. The lowest BCUT2D eigenvalue weighted by molar-refractivity contribution is -0.114. The van der Waals surface area contributed by atoms with Crippen LogP contribution >= 0.6 is 23.2 Å². The van der Waals surface area contributed by atoms with Gasteiger partial charge in [0.15, 0.2) is 0 Å². The van der Waals surface area contributed by atoms with Gasteiger partial charge in [0.2, 0.25) is 15.9 Å². The van der Waals surface area contributed by atoms with Crippen molar-refractivity contribution in [1.82, 2.24) is 0 Å². The van der Waals surface area contributed by atoms with Crippen molar-refractivity contribution < 1.29 is 22.7 Å². The molecule has 29 heavy (non-hydrogen) atoms. The zero-order valence-corrected chi connectivity index (χ0v) is 18.4. The van der Waals surface area contributed by atoms with Gasteiger partial charge in [-0.2, -0.15) is 0 Å². The quantitative estimate of drug-likeness (QED) is 0.635. The van der Waals surface area contributed by atoms with Gasteiger partial charge in [0.05, 0.1) is 29.1 Å². The Bertz CT molecular complexity index is 1040. The van der Waals surface area contributed by atoms with Crippen LogP contribution in [0.3, 0.4) is 0 Å². The van der Waals surface area contributed by atoms with Crippen molar-refractivity contribution in [2.75, 3.05) is 29.0 Å². The van der Waals surface area contributed by atoms with Crippen LogP contribution in [0.5, 0.6) is 0 Å². The SMILES string of the molecule is CCOC(=O)c1ccc(NC(=O)CN(c2ccc(C)c(Cl)c2)S(C)(=O)=O)cc1Cl. The number of rotatable bonds is 7. The number of hydrogen-bond donors (Lipinski definition) is 1. The number of anilines is 2. The molecule has 2 rings (SSSR count). The number of aryl methyl sites for hydroxylation is 1. The highest BCUT2D eigenvalue weighted by Crippen LogP contribution is 2.25. The maximum Gasteiger partial charge on any atom is 0.339 e. The summed E-state index contributed by atoms with van der Waals surface area (Å²) in [6.45, 7) is 3.20. The second-order valence-electron chi connectivity index (χ2n) is 6.17. The van der Waals surface area contributed by atoms with Crippen LogP contribution in [-0.4, -0.2) is 39.7 Å². The van der Waals surface area contributed by atoms with Crippen LogP contribution in [0.15, 0.2) is 36.4 Å². The summed E-state index contributed by atoms with van der Waals surface area (Å²) in [5.74, 6) is -1.16. The molecule has 0 aliphatic heterocycles. The van der Waals surface area contributed by atoms with Crippen molar-refractivity contribution in [3.05, 3.63) is 57.6 Å². The van der Waals surface area contributed by atoms with Gasteiger partial charge in [-0.05, 0) is 49.7 Å². The highest BCUT2D eigenvalue weighted by atomic mass is 35.5. The van der Waals surface area contributed by atoms with Gasteiger partial charge >= 0.3 is 5.97 Å². The van der Waals surface area contributed by atoms with Crippen molar-refractivity contribution in [3.63, 3.8) is 0 Å². The first-order valence-corrected chi connectivity index (χ1v) is 11.1. The molecule has 0 atom stereocenters. The molecule has 10 heteroatoms. The molecule has 0 fully saturated rings. The number of hydrogen-bond acceptors (Lipinski definition) is 5. The van der Waals surface area contributed by atoms with Gasteiger partial charge in [0.25, 0.3) is 0 Å². The Morgan fingerprint density at radius 1 is 1.10 bits per heavy atom. The van der Waals surface area contributed by atoms with E-state index >= 15 is 0 Å². The Kier molecular flexibility index (Phi) is 7.51. The van der Waals surface area contributed by atoms with Gasteiger partial charge in [0, 0.05) is 10.7 Å². The first kappa shape index (κ1) is 23.0. The van der Waals surface area contributed by atoms with Crippen LogP contribution in [0.1, 0.15) is 22.8 Å². The Balaban J connectivity index is 2.19. The van der Waals surface area contributed by atoms with Gasteiger partial charge < -0.3 is 10.1 Å². The molecule has 0 heterocycles. The van der Waals surface area contributed by atoms with E-state index in [0.717, 1.165) is 16.1 Å². The normalized spacial score (nSPS) is 11.1. The molecule has 0 saturated heterocycles. The van der Waals surface area contributed by atoms with E-state index < -0.39 is 28.4 Å². The molecule has 0 bridgehead atoms. The number of nitrogens with one attached hydrogen (secondary N) is 1. The van der Waals surface area contributed by atoms with E-state index in [-0.39, 0.29) is 22.9 Å². The molecule has 2 aromatic carbocycles. The van der Waals surface area contributed by atoms with Crippen LogP contribution < -0.4 is 9.62 Å². The van der Waals surface area contributed by atoms with E-state index in [9.17, 15) is 18.0 Å². The van der Waals surface area contributed by atoms with E-state index in [1.165, 1.54) is 24.3 Å². The molecule has 0 saturated carbocycles. The highest BCUT2D eigenvalue weighted by molar-refractivity contribution is 7.92. The minimum Gasteiger partial charge on any atom is -0.462 e. The van der Waals surface area contributed by atoms with Crippen LogP contribution in [0, 0.1) is 6.92 Å². The molecule has 0 aromatic heterocycles. The van der Waals surface area contributed by atoms with E-state index in [0.29, 0.717) is 10.7 Å². The Labute approximate surface area is 179 Å². The van der Waals surface area contributed by atoms with Crippen LogP contribution in [0.4, 0.5) is 11.4 Å². The third kappa shape index (κ3) is 6.09. The number of amides is 1. The van der Waals surface area contributed by atoms with Gasteiger partial charge in [0.1, 0.15) is 6.54 Å². The lowest BCUT2D eigenvalue weighted by Crippen LogP contribution is -2.37. The summed E-state index contributed by atoms with van der Waals surface area (Å²) in [7, 11) is -3.74. The molecule has 0 radical (unpaired) electrons. The van der Waals surface area contributed by atoms with Gasteiger partial charge in [-0.3, -0.25) is 9.10 Å². The summed E-state index contributed by atoms with van der Waals surface area (Å²) in [5.41, 5.74) is 1.53. The number of carbonyl (C=O) groups is 2. The minimum absolute atomic E-state index is 0.103. The van der Waals surface area contributed by atoms with Gasteiger partial charge in [-0.15, -0.1) is 0 Å². The predicted molar refractivity (Wildman–Crippen MR) is 114 cm³/mol. The smallest absolute Gasteiger partial charge is 0.339 e. The van der Waals surface area contributed by atoms with Crippen LogP contribution in [0.2, 0.25) is 10.0 Å². The summed E-state index contributed by atoms with van der Waals surface area (Å²) in [5, 5.41) is 3.05. The fourth-order valence-electron chi connectivity index (χ4n) is 2.44. The molecule has 0 aliphatic carbocycles. The third-order valence-electron chi connectivity index (χ3n) is 3.88. The van der Waals surface area contributed by atoms with E-state index in [1.54, 1.807) is 26.0 Å². The molecule has 1 amide bonds. The fourth-order valence-corrected chi connectivity index (χ4v) is 3.72. The van der Waals surface area contributed by atoms with Gasteiger partial charge in [-0.1, -0.05) is 29.3 Å². The molecule has 0 spiro atoms. The highest BCUT2D eigenvalue weighted by Gasteiger charge is 2.22. The maximum absolute atomic E-state index is 12.4. The summed E-state index contributed by atoms with van der Waals surface area (Å²) < 4.78 is 30.2. The summed E-state index contributed by atoms with van der Waals surface area (Å²) in [4.78, 5) is 24.2. The molecule has 0 aliphatic rings. The molecule has 1 N–H and O–H groups in total. The lowest BCUT2D eigenvalue weighted by Gasteiger charge is -2.22. The van der Waals surface area contributed by atoms with Crippen molar-refractivity contribution in [1.29, 1.82) is 0 Å². The predicted octanol–water partition coefficient (Wildman–Crippen LogP) is 3.88. The summed E-state index contributed by atoms with van der Waals surface area (Å²) >= 11 is 12.2. The maximum atomic E-state index is 12.4. The molecular weight excluding hydrogens is 439 g/mol. The zero-order chi connectivity index (χ0) is 21.8. The van der Waals surface area contributed by atoms with Crippen molar-refractivity contribution in [2.24, 2.45) is 0 Å². The molecule has 2 aromatic rings. The van der Waals surface area contributed by atoms with Crippen molar-refractivity contribution in [3.8, 4) is 0 Å². The average molecular weight is 459 g/mol. The second kappa shape index (κ2) is 9.47. The summed E-state index contributed by atoms with van der Waals surface area (Å²) in [6.07, 6.45) is 0.999. The number of nitrogens with zero attached hydrogens (tertiary/aromatic N) is 1. The molecular formula is C19H20Cl2N2O5S. The van der Waals surface area contributed by atoms with Gasteiger partial charge in [-0.25, -0.2) is 13.2 Å². The number of benzene rings is 2. The molecule has 0 unspecified atom stereocenters. The second-order valence-corrected chi connectivity index (χ2v) is 8.89. The Hall–Kier alpha value is -2.29. The number of esters is 1. The monoisotopic (exact) mass is 458 g/mol. The fraction of sp³-hybridized carbons (Fsp3) is 0.263. The number of carbonyl (C=O) groups excluding carboxylic acids is 2. The Morgan fingerprint density at radius 2 is 1.79 bits per heavy atom. The van der Waals surface area contributed by atoms with Crippen molar-refractivity contribution >= 4 is 56.5 Å². The van der Waals surface area contributed by atoms with Crippen molar-refractivity contribution in [2.45, 2.75) is 13.8 Å².